The first-order chi connectivity index (χ1) is 11.3. The molecular weight excluding hydrogens is 476 g/mol. The van der Waals surface area contributed by atoms with E-state index in [1.54, 1.807) is 6.20 Å². The number of hydrogen-bond donors (Lipinski definition) is 0. The van der Waals surface area contributed by atoms with E-state index in [9.17, 15) is 0 Å². The summed E-state index contributed by atoms with van der Waals surface area (Å²) in [5, 5.41) is 2.36. The average Bonchev–Trinajstić information content (AvgIpc) is 3.00. The molecule has 0 aliphatic carbocycles. The number of aryl methyl sites for hydroxylation is 2. The summed E-state index contributed by atoms with van der Waals surface area (Å²) in [4.78, 5) is 4.48. The van der Waals surface area contributed by atoms with E-state index in [1.165, 1.54) is 10.8 Å². The molecule has 2 heterocycles. The van der Waals surface area contributed by atoms with Crippen LogP contribution in [-0.4, -0.2) is 18.7 Å². The summed E-state index contributed by atoms with van der Waals surface area (Å²) in [6.07, 6.45) is 9.05. The molecule has 0 fully saturated rings. The number of imidazole rings is 1. The minimum atomic E-state index is 0. The number of aromatic nitrogens is 4. The monoisotopic (exact) mass is 494 g/mol. The molecule has 4 aromatic rings. The Bertz CT molecular complexity index is 1050. The number of fused-ring (bicyclic) bond motifs is 3. The number of hydrogen-bond acceptors (Lipinski definition) is 1. The number of nitrogens with zero attached hydrogens (tertiary/aromatic N) is 4. The van der Waals surface area contributed by atoms with Gasteiger partial charge in [-0.25, -0.2) is 0 Å². The van der Waals surface area contributed by atoms with E-state index < -0.39 is 0 Å². The van der Waals surface area contributed by atoms with Crippen molar-refractivity contribution in [3.05, 3.63) is 73.3 Å². The van der Waals surface area contributed by atoms with E-state index in [1.807, 2.05) is 41.7 Å². The molecule has 0 amide bonds. The predicted molar refractivity (Wildman–Crippen MR) is 93.0 cm³/mol. The molecule has 123 valence electrons. The van der Waals surface area contributed by atoms with Crippen LogP contribution >= 0.6 is 0 Å². The second kappa shape index (κ2) is 6.63. The van der Waals surface area contributed by atoms with E-state index in [0.29, 0.717) is 0 Å². The van der Waals surface area contributed by atoms with Gasteiger partial charge in [-0.05, 0) is 23.0 Å². The molecule has 5 heteroatoms. The predicted octanol–water partition coefficient (Wildman–Crippen LogP) is 3.78. The number of rotatable bonds is 1. The molecule has 0 unspecified atom stereocenters. The van der Waals surface area contributed by atoms with Crippen LogP contribution in [0.5, 0.6) is 0 Å². The second-order valence-electron chi connectivity index (χ2n) is 5.58. The van der Waals surface area contributed by atoms with Crippen molar-refractivity contribution >= 4 is 21.8 Å². The van der Waals surface area contributed by atoms with Crippen molar-refractivity contribution in [2.24, 2.45) is 14.1 Å². The first kappa shape index (κ1) is 16.5. The Balaban J connectivity index is 0.00000169. The Morgan fingerprint density at radius 2 is 1.46 bits per heavy atom. The van der Waals surface area contributed by atoms with Crippen LogP contribution in [0, 0.1) is 6.20 Å². The third-order valence-corrected chi connectivity index (χ3v) is 4.10. The van der Waals surface area contributed by atoms with Gasteiger partial charge in [0, 0.05) is 52.1 Å². The van der Waals surface area contributed by atoms with Crippen molar-refractivity contribution in [3.63, 3.8) is 0 Å². The fourth-order valence-electron chi connectivity index (χ4n) is 2.93. The van der Waals surface area contributed by atoms with Crippen LogP contribution in [0.4, 0.5) is 0 Å². The average molecular weight is 494 g/mol. The van der Waals surface area contributed by atoms with Gasteiger partial charge in [-0.15, -0.1) is 0 Å². The molecule has 2 aromatic heterocycles. The molecular formula is C19H17IrN4-. The van der Waals surface area contributed by atoms with Crippen molar-refractivity contribution in [1.82, 2.24) is 18.7 Å². The van der Waals surface area contributed by atoms with E-state index in [0.717, 1.165) is 17.0 Å². The fraction of sp³-hybridized carbons (Fsp3) is 0.105. The summed E-state index contributed by atoms with van der Waals surface area (Å²) in [5.74, 6) is 0.835. The van der Waals surface area contributed by atoms with Gasteiger partial charge in [0.1, 0.15) is 5.95 Å². The van der Waals surface area contributed by atoms with Gasteiger partial charge in [-0.1, -0.05) is 54.2 Å². The third kappa shape index (κ3) is 2.66. The first-order valence-corrected chi connectivity index (χ1v) is 7.54. The molecule has 0 bridgehead atoms. The van der Waals surface area contributed by atoms with Gasteiger partial charge < -0.3 is 13.7 Å². The Kier molecular flexibility index (Phi) is 4.56. The Morgan fingerprint density at radius 1 is 0.833 bits per heavy atom. The van der Waals surface area contributed by atoms with Crippen LogP contribution in [0.2, 0.25) is 0 Å². The second-order valence-corrected chi connectivity index (χ2v) is 5.58. The molecule has 0 saturated heterocycles. The Hall–Kier alpha value is -2.36. The topological polar surface area (TPSA) is 27.7 Å². The number of benzene rings is 2. The zero-order chi connectivity index (χ0) is 15.8. The molecule has 24 heavy (non-hydrogen) atoms. The maximum Gasteiger partial charge on any atom is 0.100 e. The summed E-state index contributed by atoms with van der Waals surface area (Å²) in [5.41, 5.74) is 2.23. The van der Waals surface area contributed by atoms with E-state index in [4.69, 9.17) is 0 Å². The smallest absolute Gasteiger partial charge is 0.100 e. The summed E-state index contributed by atoms with van der Waals surface area (Å²) in [6, 6.07) is 16.8. The Morgan fingerprint density at radius 3 is 2.12 bits per heavy atom. The van der Waals surface area contributed by atoms with E-state index in [-0.39, 0.29) is 20.1 Å². The van der Waals surface area contributed by atoms with Gasteiger partial charge in [-0.2, -0.15) is 0 Å². The van der Waals surface area contributed by atoms with Crippen molar-refractivity contribution < 1.29 is 20.1 Å². The van der Waals surface area contributed by atoms with E-state index in [2.05, 4.69) is 58.2 Å². The zero-order valence-corrected chi connectivity index (χ0v) is 15.9. The maximum atomic E-state index is 4.48. The van der Waals surface area contributed by atoms with Crippen molar-refractivity contribution in [1.29, 1.82) is 0 Å². The Labute approximate surface area is 154 Å². The summed E-state index contributed by atoms with van der Waals surface area (Å²) < 4.78 is 6.08. The molecule has 0 spiro atoms. The largest absolute Gasteiger partial charge is 0.447 e. The van der Waals surface area contributed by atoms with Crippen LogP contribution in [0.25, 0.3) is 27.8 Å². The normalized spacial score (nSPS) is 10.6. The number of para-hydroxylation sites is 2. The maximum absolute atomic E-state index is 4.48. The van der Waals surface area contributed by atoms with Gasteiger partial charge in [0.25, 0.3) is 0 Å². The van der Waals surface area contributed by atoms with Crippen LogP contribution in [0.15, 0.2) is 67.1 Å². The molecule has 1 radical (unpaired) electrons. The standard InChI is InChI=1S/C19H17N4.Ir/c1-21-13-14-23(19-20-11-12-22(19)2)18-10-6-4-8-16(18)15-7-3-5-9-17(15)21;/h3-13H,1-2H3;/q-1;. The van der Waals surface area contributed by atoms with Crippen LogP contribution in [0.1, 0.15) is 0 Å². The molecule has 0 aliphatic heterocycles. The summed E-state index contributed by atoms with van der Waals surface area (Å²) >= 11 is 0. The molecule has 0 saturated carbocycles. The SMILES string of the molecule is Cn1ccnc1-n1[c-]cn(C)c2ccccc2c2ccccc21.[Ir]. The van der Waals surface area contributed by atoms with Gasteiger partial charge >= 0.3 is 0 Å². The molecule has 0 N–H and O–H groups in total. The molecule has 0 aliphatic rings. The van der Waals surface area contributed by atoms with Gasteiger partial charge in [0.05, 0.1) is 0 Å². The van der Waals surface area contributed by atoms with Crippen LogP contribution < -0.4 is 0 Å². The summed E-state index contributed by atoms with van der Waals surface area (Å²) in [7, 11) is 4.03. The van der Waals surface area contributed by atoms with Crippen molar-refractivity contribution in [2.45, 2.75) is 0 Å². The van der Waals surface area contributed by atoms with Crippen LogP contribution in [0.3, 0.4) is 0 Å². The van der Waals surface area contributed by atoms with Gasteiger partial charge in [0.15, 0.2) is 0 Å². The minimum absolute atomic E-state index is 0. The van der Waals surface area contributed by atoms with Crippen LogP contribution in [-0.2, 0) is 34.2 Å². The van der Waals surface area contributed by atoms with Crippen molar-refractivity contribution in [3.8, 4) is 5.95 Å². The fourth-order valence-corrected chi connectivity index (χ4v) is 2.93. The molecule has 2 aromatic carbocycles. The van der Waals surface area contributed by atoms with Gasteiger partial charge in [-0.3, -0.25) is 4.98 Å². The minimum Gasteiger partial charge on any atom is -0.447 e. The molecule has 0 atom stereocenters. The molecule has 4 rings (SSSR count). The summed E-state index contributed by atoms with van der Waals surface area (Å²) in [6.45, 7) is 0. The first-order valence-electron chi connectivity index (χ1n) is 7.54. The van der Waals surface area contributed by atoms with E-state index >= 15 is 0 Å². The zero-order valence-electron chi connectivity index (χ0n) is 13.5. The van der Waals surface area contributed by atoms with Gasteiger partial charge in [0.2, 0.25) is 0 Å². The quantitative estimate of drug-likeness (QED) is 0.371. The third-order valence-electron chi connectivity index (χ3n) is 4.10. The molecule has 4 nitrogen and oxygen atoms in total. The van der Waals surface area contributed by atoms with Crippen molar-refractivity contribution in [2.75, 3.05) is 0 Å².